The number of hydrogen-bond donors (Lipinski definition) is 0. The van der Waals surface area contributed by atoms with Gasteiger partial charge in [-0.15, -0.1) is 0 Å². The Hall–Kier alpha value is -0.823. The summed E-state index contributed by atoms with van der Waals surface area (Å²) in [5.41, 5.74) is 0.554. The predicted molar refractivity (Wildman–Crippen MR) is 74.2 cm³/mol. The van der Waals surface area contributed by atoms with Gasteiger partial charge in [0.2, 0.25) is 0 Å². The summed E-state index contributed by atoms with van der Waals surface area (Å²) in [6.45, 7) is 1.96. The minimum absolute atomic E-state index is 0.0434. The van der Waals surface area contributed by atoms with Crippen molar-refractivity contribution >= 4 is 9.53 Å². The van der Waals surface area contributed by atoms with Crippen LogP contribution in [0.3, 0.4) is 0 Å². The van der Waals surface area contributed by atoms with E-state index in [2.05, 4.69) is 0 Å². The maximum Gasteiger partial charge on any atom is 0.577 e. The van der Waals surface area contributed by atoms with Crippen molar-refractivity contribution in [2.24, 2.45) is 0 Å². The second-order valence-electron chi connectivity index (χ2n) is 4.57. The van der Waals surface area contributed by atoms with Gasteiger partial charge in [0, 0.05) is 26.4 Å². The molecule has 113 valence electrons. The van der Waals surface area contributed by atoms with E-state index in [0.717, 1.165) is 25.3 Å². The normalized spacial score (nSPS) is 12.9. The second kappa shape index (κ2) is 9.18. The first kappa shape index (κ1) is 17.2. The Morgan fingerprint density at radius 3 is 2.45 bits per heavy atom. The van der Waals surface area contributed by atoms with Crippen LogP contribution in [0.4, 0.5) is 8.78 Å². The standard InChI is InChI=1S/C14H21F2O3Si/c1-11(19-20(17-2)18-3)6-4-5-7-12-8-9-13(15)10-14(12)16/h8-11H,4-7H2,1-3H3. The van der Waals surface area contributed by atoms with Gasteiger partial charge >= 0.3 is 9.53 Å². The molecule has 0 bridgehead atoms. The minimum Gasteiger partial charge on any atom is -0.375 e. The Morgan fingerprint density at radius 2 is 1.85 bits per heavy atom. The summed E-state index contributed by atoms with van der Waals surface area (Å²) in [6, 6.07) is 3.71. The molecule has 20 heavy (non-hydrogen) atoms. The van der Waals surface area contributed by atoms with E-state index < -0.39 is 21.2 Å². The van der Waals surface area contributed by atoms with Gasteiger partial charge in [0.15, 0.2) is 0 Å². The fourth-order valence-electron chi connectivity index (χ4n) is 1.87. The van der Waals surface area contributed by atoms with Gasteiger partial charge in [0.25, 0.3) is 0 Å². The molecular formula is C14H21F2O3Si. The molecule has 1 aromatic rings. The molecule has 0 aromatic heterocycles. The molecule has 1 rings (SSSR count). The van der Waals surface area contributed by atoms with Crippen molar-refractivity contribution in [3.8, 4) is 0 Å². The van der Waals surface area contributed by atoms with Gasteiger partial charge < -0.3 is 13.3 Å². The lowest BCUT2D eigenvalue weighted by atomic mass is 10.1. The van der Waals surface area contributed by atoms with Crippen molar-refractivity contribution in [2.45, 2.75) is 38.7 Å². The van der Waals surface area contributed by atoms with Gasteiger partial charge in [-0.25, -0.2) is 8.78 Å². The third-order valence-corrected chi connectivity index (χ3v) is 4.21. The largest absolute Gasteiger partial charge is 0.577 e. The Bertz CT molecular complexity index is 400. The Kier molecular flexibility index (Phi) is 7.90. The Morgan fingerprint density at radius 1 is 1.15 bits per heavy atom. The molecule has 0 amide bonds. The molecule has 0 fully saturated rings. The molecule has 1 aromatic carbocycles. The van der Waals surface area contributed by atoms with Crippen molar-refractivity contribution in [2.75, 3.05) is 14.2 Å². The van der Waals surface area contributed by atoms with Crippen LogP contribution in [0.5, 0.6) is 0 Å². The van der Waals surface area contributed by atoms with Crippen molar-refractivity contribution in [3.05, 3.63) is 35.4 Å². The number of halogens is 2. The number of rotatable bonds is 9. The van der Waals surface area contributed by atoms with Crippen LogP contribution in [0.1, 0.15) is 31.7 Å². The first-order valence-corrected chi connectivity index (χ1v) is 7.84. The number of hydrogen-bond acceptors (Lipinski definition) is 3. The summed E-state index contributed by atoms with van der Waals surface area (Å²) < 4.78 is 41.8. The molecule has 0 saturated heterocycles. The SMILES string of the molecule is CO[Si](OC)OC(C)CCCCc1ccc(F)cc1F. The molecule has 0 aliphatic rings. The summed E-state index contributed by atoms with van der Waals surface area (Å²) in [4.78, 5) is 0. The predicted octanol–water partition coefficient (Wildman–Crippen LogP) is 3.36. The Balaban J connectivity index is 2.24. The summed E-state index contributed by atoms with van der Waals surface area (Å²) in [5.74, 6) is -1.01. The van der Waals surface area contributed by atoms with Crippen LogP contribution < -0.4 is 0 Å². The smallest absolute Gasteiger partial charge is 0.375 e. The van der Waals surface area contributed by atoms with Gasteiger partial charge in [-0.3, -0.25) is 0 Å². The fourth-order valence-corrected chi connectivity index (χ4v) is 2.68. The fraction of sp³-hybridized carbons (Fsp3) is 0.571. The van der Waals surface area contributed by atoms with Crippen molar-refractivity contribution in [3.63, 3.8) is 0 Å². The van der Waals surface area contributed by atoms with Crippen LogP contribution >= 0.6 is 0 Å². The lowest BCUT2D eigenvalue weighted by molar-refractivity contribution is 0.0893. The van der Waals surface area contributed by atoms with Gasteiger partial charge in [-0.2, -0.15) is 0 Å². The molecule has 1 unspecified atom stereocenters. The first-order chi connectivity index (χ1) is 9.56. The van der Waals surface area contributed by atoms with Gasteiger partial charge in [0.1, 0.15) is 11.6 Å². The molecule has 6 heteroatoms. The van der Waals surface area contributed by atoms with E-state index >= 15 is 0 Å². The molecule has 3 nitrogen and oxygen atoms in total. The van der Waals surface area contributed by atoms with Crippen molar-refractivity contribution < 1.29 is 22.1 Å². The lowest BCUT2D eigenvalue weighted by Crippen LogP contribution is -2.28. The maximum atomic E-state index is 13.4. The van der Waals surface area contributed by atoms with E-state index in [1.807, 2.05) is 6.92 Å². The quantitative estimate of drug-likeness (QED) is 0.517. The highest BCUT2D eigenvalue weighted by Gasteiger charge is 2.18. The second-order valence-corrected chi connectivity index (χ2v) is 6.12. The molecule has 1 atom stereocenters. The third-order valence-electron chi connectivity index (χ3n) is 2.95. The average Bonchev–Trinajstić information content (AvgIpc) is 2.42. The molecule has 0 N–H and O–H groups in total. The van der Waals surface area contributed by atoms with E-state index in [-0.39, 0.29) is 6.10 Å². The summed E-state index contributed by atoms with van der Waals surface area (Å²) >= 11 is 0. The molecule has 0 aliphatic carbocycles. The summed E-state index contributed by atoms with van der Waals surface area (Å²) in [7, 11) is 1.49. The van der Waals surface area contributed by atoms with Crippen LogP contribution in [-0.2, 0) is 19.7 Å². The lowest BCUT2D eigenvalue weighted by Gasteiger charge is -2.16. The zero-order valence-corrected chi connectivity index (χ0v) is 13.1. The molecule has 0 heterocycles. The van der Waals surface area contributed by atoms with Crippen molar-refractivity contribution in [1.29, 1.82) is 0 Å². The van der Waals surface area contributed by atoms with Crippen LogP contribution in [0.25, 0.3) is 0 Å². The zero-order chi connectivity index (χ0) is 15.0. The van der Waals surface area contributed by atoms with Crippen LogP contribution in [0, 0.1) is 11.6 Å². The number of unbranched alkanes of at least 4 members (excludes halogenated alkanes) is 1. The van der Waals surface area contributed by atoms with E-state index in [1.54, 1.807) is 14.2 Å². The van der Waals surface area contributed by atoms with Crippen LogP contribution in [0.2, 0.25) is 0 Å². The number of benzene rings is 1. The van der Waals surface area contributed by atoms with Crippen LogP contribution in [-0.4, -0.2) is 29.9 Å². The topological polar surface area (TPSA) is 27.7 Å². The van der Waals surface area contributed by atoms with Gasteiger partial charge in [-0.05, 0) is 37.8 Å². The third kappa shape index (κ3) is 6.09. The molecule has 0 spiro atoms. The van der Waals surface area contributed by atoms with Crippen LogP contribution in [0.15, 0.2) is 18.2 Å². The van der Waals surface area contributed by atoms with E-state index in [9.17, 15) is 8.78 Å². The highest BCUT2D eigenvalue weighted by Crippen LogP contribution is 2.14. The average molecular weight is 303 g/mol. The van der Waals surface area contributed by atoms with Crippen molar-refractivity contribution in [1.82, 2.24) is 0 Å². The monoisotopic (exact) mass is 303 g/mol. The molecule has 1 radical (unpaired) electrons. The molecular weight excluding hydrogens is 282 g/mol. The first-order valence-electron chi connectivity index (χ1n) is 6.62. The van der Waals surface area contributed by atoms with Gasteiger partial charge in [-0.1, -0.05) is 12.5 Å². The summed E-state index contributed by atoms with van der Waals surface area (Å²) in [5, 5.41) is 0. The van der Waals surface area contributed by atoms with E-state index in [1.165, 1.54) is 12.1 Å². The zero-order valence-electron chi connectivity index (χ0n) is 12.1. The molecule has 0 saturated carbocycles. The van der Waals surface area contributed by atoms with E-state index in [0.29, 0.717) is 12.0 Å². The Labute approximate surface area is 120 Å². The summed E-state index contributed by atoms with van der Waals surface area (Å²) in [6.07, 6.45) is 3.23. The minimum atomic E-state index is -1.62. The number of aryl methyl sites for hydroxylation is 1. The van der Waals surface area contributed by atoms with E-state index in [4.69, 9.17) is 13.3 Å². The van der Waals surface area contributed by atoms with Gasteiger partial charge in [0.05, 0.1) is 0 Å². The maximum absolute atomic E-state index is 13.4. The highest BCUT2D eigenvalue weighted by molar-refractivity contribution is 6.36. The highest BCUT2D eigenvalue weighted by atomic mass is 28.3. The molecule has 0 aliphatic heterocycles.